The molecule has 1 fully saturated rings. The van der Waals surface area contributed by atoms with Gasteiger partial charge in [0, 0.05) is 11.8 Å². The maximum Gasteiger partial charge on any atom is 0.191 e. The number of aromatic nitrogens is 3. The van der Waals surface area contributed by atoms with Crippen molar-refractivity contribution < 1.29 is 5.11 Å². The molecular weight excluding hydrogens is 278 g/mol. The number of hydrogen-bond acceptors (Lipinski definition) is 5. The van der Waals surface area contributed by atoms with Crippen molar-refractivity contribution in [1.29, 1.82) is 0 Å². The highest BCUT2D eigenvalue weighted by Crippen LogP contribution is 2.42. The molecule has 6 heteroatoms. The summed E-state index contributed by atoms with van der Waals surface area (Å²) in [5.41, 5.74) is -0.686. The summed E-state index contributed by atoms with van der Waals surface area (Å²) >= 11 is 3.27. The van der Waals surface area contributed by atoms with Crippen LogP contribution in [0.2, 0.25) is 0 Å². The molecule has 1 aliphatic rings. The van der Waals surface area contributed by atoms with Crippen molar-refractivity contribution in [3.8, 4) is 10.7 Å². The Morgan fingerprint density at radius 2 is 2.26 bits per heavy atom. The van der Waals surface area contributed by atoms with Crippen molar-refractivity contribution in [2.75, 3.05) is 5.75 Å². The molecule has 0 spiro atoms. The lowest BCUT2D eigenvalue weighted by Crippen LogP contribution is -2.22. The number of aliphatic hydroxyl groups is 1. The summed E-state index contributed by atoms with van der Waals surface area (Å²) in [5, 5.41) is 21.5. The van der Waals surface area contributed by atoms with E-state index in [2.05, 4.69) is 26.2 Å². The molecule has 2 aromatic rings. The average molecular weight is 295 g/mol. The quantitative estimate of drug-likeness (QED) is 0.861. The van der Waals surface area contributed by atoms with Crippen LogP contribution in [0, 0.1) is 0 Å². The summed E-state index contributed by atoms with van der Waals surface area (Å²) in [6.45, 7) is 3.63. The van der Waals surface area contributed by atoms with Gasteiger partial charge in [-0.1, -0.05) is 17.8 Å². The van der Waals surface area contributed by atoms with E-state index >= 15 is 0 Å². The first-order valence-electron chi connectivity index (χ1n) is 6.38. The third kappa shape index (κ3) is 3.01. The first kappa shape index (κ1) is 13.1. The monoisotopic (exact) mass is 295 g/mol. The molecule has 2 aromatic heterocycles. The second kappa shape index (κ2) is 4.92. The topological polar surface area (TPSA) is 50.9 Å². The molecule has 1 aliphatic carbocycles. The van der Waals surface area contributed by atoms with Gasteiger partial charge in [-0.05, 0) is 38.1 Å². The minimum absolute atomic E-state index is 0.538. The van der Waals surface area contributed by atoms with Gasteiger partial charge in [-0.25, -0.2) is 0 Å². The number of thiophene rings is 1. The van der Waals surface area contributed by atoms with Gasteiger partial charge in [0.2, 0.25) is 0 Å². The smallest absolute Gasteiger partial charge is 0.191 e. The Balaban J connectivity index is 1.89. The Kier molecular flexibility index (Phi) is 3.41. The predicted molar refractivity (Wildman–Crippen MR) is 78.6 cm³/mol. The van der Waals surface area contributed by atoms with Crippen molar-refractivity contribution in [2.45, 2.75) is 43.5 Å². The van der Waals surface area contributed by atoms with E-state index in [0.717, 1.165) is 15.9 Å². The number of hydrogen-bond donors (Lipinski definition) is 1. The summed E-state index contributed by atoms with van der Waals surface area (Å²) in [7, 11) is 0. The molecule has 0 atom stereocenters. The standard InChI is InChI=1S/C13H17N3OS2/c1-13(2,17)8-19-12-15-14-11(10-4-3-7-18-10)16(12)9-5-6-9/h3-4,7,9,17H,5-6,8H2,1-2H3. The summed E-state index contributed by atoms with van der Waals surface area (Å²) < 4.78 is 2.24. The van der Waals surface area contributed by atoms with E-state index in [1.165, 1.54) is 12.8 Å². The Labute approximate surface area is 120 Å². The fourth-order valence-corrected chi connectivity index (χ4v) is 3.51. The van der Waals surface area contributed by atoms with Crippen LogP contribution in [0.4, 0.5) is 0 Å². The van der Waals surface area contributed by atoms with Gasteiger partial charge in [0.05, 0.1) is 10.5 Å². The minimum Gasteiger partial charge on any atom is -0.390 e. The Morgan fingerprint density at radius 3 is 2.84 bits per heavy atom. The molecule has 1 saturated carbocycles. The van der Waals surface area contributed by atoms with Crippen LogP contribution in [0.5, 0.6) is 0 Å². The van der Waals surface area contributed by atoms with Crippen LogP contribution in [0.1, 0.15) is 32.7 Å². The summed E-state index contributed by atoms with van der Waals surface area (Å²) in [6, 6.07) is 4.66. The first-order chi connectivity index (χ1) is 9.04. The average Bonchev–Trinajstić information content (AvgIpc) is 2.90. The molecule has 0 unspecified atom stereocenters. The number of rotatable bonds is 5. The summed E-state index contributed by atoms with van der Waals surface area (Å²) in [6.07, 6.45) is 2.40. The van der Waals surface area contributed by atoms with Crippen LogP contribution < -0.4 is 0 Å². The van der Waals surface area contributed by atoms with E-state index < -0.39 is 5.60 Å². The van der Waals surface area contributed by atoms with Gasteiger partial charge in [-0.2, -0.15) is 0 Å². The molecule has 1 N–H and O–H groups in total. The second-order valence-corrected chi connectivity index (χ2v) is 7.38. The van der Waals surface area contributed by atoms with E-state index in [1.54, 1.807) is 23.1 Å². The Bertz CT molecular complexity index is 553. The van der Waals surface area contributed by atoms with E-state index in [4.69, 9.17) is 0 Å². The molecule has 0 amide bonds. The highest BCUT2D eigenvalue weighted by Gasteiger charge is 2.31. The molecule has 102 valence electrons. The van der Waals surface area contributed by atoms with Gasteiger partial charge in [0.25, 0.3) is 0 Å². The molecular formula is C13H17N3OS2. The van der Waals surface area contributed by atoms with E-state index in [9.17, 15) is 5.11 Å². The zero-order chi connectivity index (χ0) is 13.5. The zero-order valence-electron chi connectivity index (χ0n) is 11.0. The molecule has 0 aliphatic heterocycles. The van der Waals surface area contributed by atoms with Crippen molar-refractivity contribution in [3.05, 3.63) is 17.5 Å². The molecule has 19 heavy (non-hydrogen) atoms. The van der Waals surface area contributed by atoms with Gasteiger partial charge < -0.3 is 5.11 Å². The number of thioether (sulfide) groups is 1. The predicted octanol–water partition coefficient (Wildman–Crippen LogP) is 3.20. The van der Waals surface area contributed by atoms with Crippen molar-refractivity contribution in [1.82, 2.24) is 14.8 Å². The first-order valence-corrected chi connectivity index (χ1v) is 8.25. The van der Waals surface area contributed by atoms with Crippen LogP contribution in [-0.4, -0.2) is 31.2 Å². The Hall–Kier alpha value is -0.850. The molecule has 0 saturated heterocycles. The van der Waals surface area contributed by atoms with Gasteiger partial charge >= 0.3 is 0 Å². The number of nitrogens with zero attached hydrogens (tertiary/aromatic N) is 3. The lowest BCUT2D eigenvalue weighted by molar-refractivity contribution is 0.107. The van der Waals surface area contributed by atoms with Crippen LogP contribution in [-0.2, 0) is 0 Å². The van der Waals surface area contributed by atoms with Gasteiger partial charge in [0.1, 0.15) is 0 Å². The molecule has 0 aromatic carbocycles. The molecule has 3 rings (SSSR count). The lowest BCUT2D eigenvalue weighted by Gasteiger charge is -2.16. The normalized spacial score (nSPS) is 15.9. The van der Waals surface area contributed by atoms with Crippen molar-refractivity contribution >= 4 is 23.1 Å². The molecule has 0 bridgehead atoms. The molecule has 0 radical (unpaired) electrons. The maximum absolute atomic E-state index is 9.84. The van der Waals surface area contributed by atoms with Gasteiger partial charge in [0.15, 0.2) is 11.0 Å². The summed E-state index contributed by atoms with van der Waals surface area (Å²) in [4.78, 5) is 1.16. The van der Waals surface area contributed by atoms with E-state index in [0.29, 0.717) is 11.8 Å². The van der Waals surface area contributed by atoms with Gasteiger partial charge in [-0.15, -0.1) is 21.5 Å². The zero-order valence-corrected chi connectivity index (χ0v) is 12.7. The largest absolute Gasteiger partial charge is 0.390 e. The Morgan fingerprint density at radius 1 is 1.47 bits per heavy atom. The van der Waals surface area contributed by atoms with Crippen LogP contribution in [0.3, 0.4) is 0 Å². The van der Waals surface area contributed by atoms with Crippen molar-refractivity contribution in [2.24, 2.45) is 0 Å². The van der Waals surface area contributed by atoms with Gasteiger partial charge in [-0.3, -0.25) is 4.57 Å². The lowest BCUT2D eigenvalue weighted by atomic mass is 10.2. The van der Waals surface area contributed by atoms with Crippen LogP contribution in [0.15, 0.2) is 22.7 Å². The minimum atomic E-state index is -0.686. The fourth-order valence-electron chi connectivity index (χ4n) is 1.85. The van der Waals surface area contributed by atoms with E-state index in [-0.39, 0.29) is 0 Å². The highest BCUT2D eigenvalue weighted by atomic mass is 32.2. The fraction of sp³-hybridized carbons (Fsp3) is 0.538. The molecule has 4 nitrogen and oxygen atoms in total. The second-order valence-electron chi connectivity index (χ2n) is 5.49. The van der Waals surface area contributed by atoms with E-state index in [1.807, 2.05) is 19.9 Å². The third-order valence-electron chi connectivity index (χ3n) is 2.87. The van der Waals surface area contributed by atoms with Crippen molar-refractivity contribution in [3.63, 3.8) is 0 Å². The van der Waals surface area contributed by atoms with Crippen LogP contribution in [0.25, 0.3) is 10.7 Å². The summed E-state index contributed by atoms with van der Waals surface area (Å²) in [5.74, 6) is 1.60. The van der Waals surface area contributed by atoms with Crippen LogP contribution >= 0.6 is 23.1 Å². The molecule has 2 heterocycles. The third-order valence-corrected chi connectivity index (χ3v) is 5.13. The SMILES string of the molecule is CC(C)(O)CSc1nnc(-c2cccs2)n1C1CC1. The maximum atomic E-state index is 9.84. The highest BCUT2D eigenvalue weighted by molar-refractivity contribution is 7.99.